The van der Waals surface area contributed by atoms with Crippen molar-refractivity contribution in [1.82, 2.24) is 10.7 Å². The van der Waals surface area contributed by atoms with Crippen LogP contribution in [0, 0.1) is 0 Å². The van der Waals surface area contributed by atoms with Gasteiger partial charge in [-0.1, -0.05) is 18.2 Å². The number of furan rings is 1. The lowest BCUT2D eigenvalue weighted by Gasteiger charge is -2.01. The zero-order valence-corrected chi connectivity index (χ0v) is 8.93. The van der Waals surface area contributed by atoms with Gasteiger partial charge in [-0.15, -0.1) is 0 Å². The summed E-state index contributed by atoms with van der Waals surface area (Å²) in [5.74, 6) is 4.31. The van der Waals surface area contributed by atoms with Crippen molar-refractivity contribution >= 4 is 28.3 Å². The first-order valence-electron chi connectivity index (χ1n) is 4.58. The first-order valence-corrected chi connectivity index (χ1v) is 4.99. The average molecular weight is 222 g/mol. The minimum absolute atomic E-state index is 0.510. The van der Waals surface area contributed by atoms with Crippen molar-refractivity contribution < 1.29 is 10.3 Å². The Morgan fingerprint density at radius 3 is 2.93 bits per heavy atom. The largest absolute Gasteiger partial charge is 0.459 e. The average Bonchev–Trinajstić information content (AvgIpc) is 2.68. The van der Waals surface area contributed by atoms with Crippen molar-refractivity contribution in [3.8, 4) is 0 Å². The minimum Gasteiger partial charge on any atom is -0.459 e. The topological polar surface area (TPSA) is 64.8 Å². The Morgan fingerprint density at radius 1 is 1.40 bits per heavy atom. The summed E-state index contributed by atoms with van der Waals surface area (Å²) in [5, 5.41) is 4.58. The van der Waals surface area contributed by atoms with Crippen LogP contribution >= 0.6 is 12.2 Å². The van der Waals surface area contributed by atoms with Crippen molar-refractivity contribution in [2.45, 2.75) is 6.54 Å². The predicted molar refractivity (Wildman–Crippen MR) is 61.7 cm³/mol. The van der Waals surface area contributed by atoms with Gasteiger partial charge in [0.25, 0.3) is 0 Å². The van der Waals surface area contributed by atoms with Gasteiger partial charge in [-0.3, -0.25) is 5.84 Å². The van der Waals surface area contributed by atoms with Crippen molar-refractivity contribution in [3.63, 3.8) is 0 Å². The summed E-state index contributed by atoms with van der Waals surface area (Å²) in [6, 6.07) is 9.88. The molecule has 5 heteroatoms. The number of hydrogen-bond donors (Lipinski definition) is 3. The molecular formula is C10H12N3OS+. The van der Waals surface area contributed by atoms with Crippen LogP contribution < -0.4 is 16.6 Å². The van der Waals surface area contributed by atoms with Gasteiger partial charge in [0.05, 0.1) is 6.54 Å². The predicted octanol–water partition coefficient (Wildman–Crippen LogP) is 0.554. The van der Waals surface area contributed by atoms with Crippen LogP contribution in [0.15, 0.2) is 34.7 Å². The fourth-order valence-electron chi connectivity index (χ4n) is 1.35. The highest BCUT2D eigenvalue weighted by atomic mass is 32.1. The summed E-state index contributed by atoms with van der Waals surface area (Å²) >= 11 is 4.91. The molecule has 5 N–H and O–H groups in total. The van der Waals surface area contributed by atoms with E-state index in [0.29, 0.717) is 11.7 Å². The molecule has 2 aromatic rings. The Morgan fingerprint density at radius 2 is 2.20 bits per heavy atom. The maximum Gasteiger partial charge on any atom is 0.213 e. The molecule has 0 amide bonds. The summed E-state index contributed by atoms with van der Waals surface area (Å²) in [4.78, 5) is 0. The Balaban J connectivity index is 2.12. The molecule has 1 heterocycles. The third kappa shape index (κ3) is 2.26. The van der Waals surface area contributed by atoms with Gasteiger partial charge in [-0.2, -0.15) is 0 Å². The van der Waals surface area contributed by atoms with Crippen LogP contribution in [-0.2, 0) is 6.54 Å². The van der Waals surface area contributed by atoms with E-state index in [0.717, 1.165) is 16.7 Å². The summed E-state index contributed by atoms with van der Waals surface area (Å²) in [6.45, 7) is 0.566. The number of hydrogen-bond acceptors (Lipinski definition) is 2. The smallest absolute Gasteiger partial charge is 0.213 e. The molecule has 0 saturated carbocycles. The first kappa shape index (κ1) is 9.95. The summed E-state index contributed by atoms with van der Waals surface area (Å²) in [5.41, 5.74) is 3.49. The van der Waals surface area contributed by atoms with Crippen molar-refractivity contribution in [1.29, 1.82) is 0 Å². The van der Waals surface area contributed by atoms with Crippen LogP contribution in [0.4, 0.5) is 0 Å². The highest BCUT2D eigenvalue weighted by Crippen LogP contribution is 2.18. The molecule has 1 aromatic carbocycles. The van der Waals surface area contributed by atoms with E-state index in [-0.39, 0.29) is 0 Å². The van der Waals surface area contributed by atoms with E-state index in [1.807, 2.05) is 30.3 Å². The number of benzene rings is 1. The van der Waals surface area contributed by atoms with E-state index in [9.17, 15) is 0 Å². The van der Waals surface area contributed by atoms with Crippen LogP contribution in [-0.4, -0.2) is 5.11 Å². The third-order valence-corrected chi connectivity index (χ3v) is 2.35. The van der Waals surface area contributed by atoms with E-state index >= 15 is 0 Å². The Labute approximate surface area is 92.4 Å². The van der Waals surface area contributed by atoms with E-state index in [1.165, 1.54) is 0 Å². The fraction of sp³-hybridized carbons (Fsp3) is 0.100. The highest BCUT2D eigenvalue weighted by Gasteiger charge is 2.02. The van der Waals surface area contributed by atoms with E-state index < -0.39 is 0 Å². The normalized spacial score (nSPS) is 10.2. The van der Waals surface area contributed by atoms with Crippen molar-refractivity contribution in [3.05, 3.63) is 36.1 Å². The number of nitrogens with one attached hydrogen (secondary N) is 2. The van der Waals surface area contributed by atoms with Crippen LogP contribution in [0.3, 0.4) is 0 Å². The van der Waals surface area contributed by atoms with Gasteiger partial charge >= 0.3 is 0 Å². The second-order valence-corrected chi connectivity index (χ2v) is 3.52. The molecule has 0 spiro atoms. The number of rotatable bonds is 2. The second-order valence-electron chi connectivity index (χ2n) is 3.11. The molecule has 2 rings (SSSR count). The van der Waals surface area contributed by atoms with E-state index in [4.69, 9.17) is 16.6 Å². The van der Waals surface area contributed by atoms with Crippen LogP contribution in [0.2, 0.25) is 0 Å². The minimum atomic E-state index is 0.510. The van der Waals surface area contributed by atoms with Crippen LogP contribution in [0.25, 0.3) is 11.0 Å². The lowest BCUT2D eigenvalue weighted by Crippen LogP contribution is -2.69. The lowest BCUT2D eigenvalue weighted by molar-refractivity contribution is -0.419. The van der Waals surface area contributed by atoms with E-state index in [2.05, 4.69) is 16.6 Å². The zero-order chi connectivity index (χ0) is 10.7. The summed E-state index contributed by atoms with van der Waals surface area (Å²) in [6.07, 6.45) is 0. The Bertz CT molecular complexity index is 447. The fourth-order valence-corrected chi connectivity index (χ4v) is 1.43. The summed E-state index contributed by atoms with van der Waals surface area (Å²) in [7, 11) is 0. The number of thiocarbonyl (C=S) groups is 1. The molecule has 78 valence electrons. The molecule has 0 atom stereocenters. The molecule has 1 aromatic heterocycles. The second kappa shape index (κ2) is 4.29. The standard InChI is InChI=1S/C10H11N3OS/c11-13-10(15)12-6-8-5-7-3-1-2-4-9(7)14-8/h1-5H,6,11H2,(H2,12,13,15)/p+1. The molecular weight excluding hydrogens is 210 g/mol. The van der Waals surface area contributed by atoms with Gasteiger partial charge in [-0.05, 0) is 24.4 Å². The van der Waals surface area contributed by atoms with Crippen molar-refractivity contribution in [2.24, 2.45) is 0 Å². The van der Waals surface area contributed by atoms with Crippen LogP contribution in [0.5, 0.6) is 0 Å². The maximum absolute atomic E-state index is 5.59. The maximum atomic E-state index is 5.59. The highest BCUT2D eigenvalue weighted by molar-refractivity contribution is 7.80. The molecule has 0 radical (unpaired) electrons. The van der Waals surface area contributed by atoms with E-state index in [1.54, 1.807) is 0 Å². The quantitative estimate of drug-likeness (QED) is 0.513. The molecule has 0 bridgehead atoms. The van der Waals surface area contributed by atoms with Gasteiger partial charge in [0.2, 0.25) is 5.11 Å². The van der Waals surface area contributed by atoms with Gasteiger partial charge in [0.1, 0.15) is 11.3 Å². The molecule has 0 unspecified atom stereocenters. The number of quaternary nitrogens is 1. The summed E-state index contributed by atoms with van der Waals surface area (Å²) < 4.78 is 5.59. The Kier molecular flexibility index (Phi) is 2.84. The number of fused-ring (bicyclic) bond motifs is 1. The molecule has 0 saturated heterocycles. The van der Waals surface area contributed by atoms with Gasteiger partial charge in [0, 0.05) is 5.39 Å². The lowest BCUT2D eigenvalue weighted by atomic mass is 10.2. The SMILES string of the molecule is [NH3+]NC(=S)NCc1cc2ccccc2o1. The molecule has 0 fully saturated rings. The molecule has 0 aliphatic heterocycles. The molecule has 4 nitrogen and oxygen atoms in total. The van der Waals surface area contributed by atoms with Crippen molar-refractivity contribution in [2.75, 3.05) is 0 Å². The monoisotopic (exact) mass is 222 g/mol. The number of para-hydroxylation sites is 1. The Hall–Kier alpha value is -1.59. The van der Waals surface area contributed by atoms with Gasteiger partial charge in [0.15, 0.2) is 0 Å². The third-order valence-electron chi connectivity index (χ3n) is 2.06. The molecule has 0 aliphatic rings. The van der Waals surface area contributed by atoms with Gasteiger partial charge in [-0.25, -0.2) is 5.43 Å². The first-order chi connectivity index (χ1) is 7.29. The molecule has 0 aliphatic carbocycles. The van der Waals surface area contributed by atoms with Crippen LogP contribution in [0.1, 0.15) is 5.76 Å². The zero-order valence-electron chi connectivity index (χ0n) is 8.12. The molecule has 15 heavy (non-hydrogen) atoms. The van der Waals surface area contributed by atoms with Gasteiger partial charge < -0.3 is 9.73 Å².